The molecule has 0 atom stereocenters. The Morgan fingerprint density at radius 3 is 2.46 bits per heavy atom. The number of nitrogens with zero attached hydrogens (tertiary/aromatic N) is 1. The van der Waals surface area contributed by atoms with Gasteiger partial charge >= 0.3 is 0 Å². The number of phenolic OH excluding ortho intramolecular Hbond substituents is 1. The smallest absolute Gasteiger partial charge is 0.253 e. The van der Waals surface area contributed by atoms with E-state index in [1.165, 1.54) is 0 Å². The molecule has 24 heavy (non-hydrogen) atoms. The van der Waals surface area contributed by atoms with Gasteiger partial charge in [-0.15, -0.1) is 0 Å². The summed E-state index contributed by atoms with van der Waals surface area (Å²) in [6.45, 7) is 3.12. The molecule has 126 valence electrons. The summed E-state index contributed by atoms with van der Waals surface area (Å²) >= 11 is 5.87. The highest BCUT2D eigenvalue weighted by Gasteiger charge is 2.25. The number of aromatic hydroxyl groups is 1. The van der Waals surface area contributed by atoms with Crippen molar-refractivity contribution in [1.82, 2.24) is 4.90 Å². The van der Waals surface area contributed by atoms with Crippen molar-refractivity contribution in [3.63, 3.8) is 0 Å². The lowest BCUT2D eigenvalue weighted by Crippen LogP contribution is -2.41. The quantitative estimate of drug-likeness (QED) is 0.913. The van der Waals surface area contributed by atoms with Gasteiger partial charge in [-0.1, -0.05) is 11.6 Å². The molecule has 1 N–H and O–H groups in total. The van der Waals surface area contributed by atoms with Crippen molar-refractivity contribution in [1.29, 1.82) is 0 Å². The van der Waals surface area contributed by atoms with Gasteiger partial charge in [0, 0.05) is 36.5 Å². The van der Waals surface area contributed by atoms with Crippen molar-refractivity contribution in [2.45, 2.75) is 25.9 Å². The topological polar surface area (TPSA) is 49.8 Å². The van der Waals surface area contributed by atoms with Crippen LogP contribution in [0, 0.1) is 6.92 Å². The first kappa shape index (κ1) is 16.7. The summed E-state index contributed by atoms with van der Waals surface area (Å²) in [5.74, 6) is 1.02. The molecule has 0 spiro atoms. The van der Waals surface area contributed by atoms with E-state index in [1.54, 1.807) is 25.1 Å². The van der Waals surface area contributed by atoms with Gasteiger partial charge in [-0.05, 0) is 55.0 Å². The predicted molar refractivity (Wildman–Crippen MR) is 93.8 cm³/mol. The summed E-state index contributed by atoms with van der Waals surface area (Å²) in [4.78, 5) is 14.4. The zero-order valence-corrected chi connectivity index (χ0v) is 14.3. The highest BCUT2D eigenvalue weighted by Crippen LogP contribution is 2.23. The number of carbonyl (C=O) groups is 1. The van der Waals surface area contributed by atoms with Crippen LogP contribution in [0.25, 0.3) is 0 Å². The minimum absolute atomic E-state index is 0.00282. The maximum absolute atomic E-state index is 12.6. The number of ether oxygens (including phenoxy) is 1. The van der Waals surface area contributed by atoms with Gasteiger partial charge in [0.1, 0.15) is 17.6 Å². The second-order valence-electron chi connectivity index (χ2n) is 6.06. The Morgan fingerprint density at radius 1 is 1.17 bits per heavy atom. The maximum Gasteiger partial charge on any atom is 0.253 e. The van der Waals surface area contributed by atoms with Crippen molar-refractivity contribution >= 4 is 17.5 Å². The monoisotopic (exact) mass is 345 g/mol. The first-order valence-electron chi connectivity index (χ1n) is 8.04. The molecule has 0 unspecified atom stereocenters. The Balaban J connectivity index is 1.57. The lowest BCUT2D eigenvalue weighted by atomic mass is 10.0. The molecule has 3 rings (SSSR count). The van der Waals surface area contributed by atoms with Crippen molar-refractivity contribution in [2.75, 3.05) is 13.1 Å². The molecule has 0 aliphatic carbocycles. The average molecular weight is 346 g/mol. The van der Waals surface area contributed by atoms with Crippen LogP contribution in [0.2, 0.25) is 5.02 Å². The molecule has 0 radical (unpaired) electrons. The molecule has 1 amide bonds. The fourth-order valence-electron chi connectivity index (χ4n) is 2.85. The van der Waals surface area contributed by atoms with Crippen LogP contribution in [0.1, 0.15) is 28.8 Å². The molecule has 1 aliphatic heterocycles. The van der Waals surface area contributed by atoms with Gasteiger partial charge in [0.15, 0.2) is 0 Å². The van der Waals surface area contributed by atoms with E-state index in [4.69, 9.17) is 16.3 Å². The molecule has 1 fully saturated rings. The van der Waals surface area contributed by atoms with E-state index in [0.29, 0.717) is 29.2 Å². The Labute approximate surface area is 146 Å². The number of phenols is 1. The maximum atomic E-state index is 12.6. The number of hydrogen-bond acceptors (Lipinski definition) is 3. The van der Waals surface area contributed by atoms with Gasteiger partial charge in [0.25, 0.3) is 5.91 Å². The zero-order valence-electron chi connectivity index (χ0n) is 13.5. The molecular formula is C19H20ClNO3. The Hall–Kier alpha value is -2.20. The van der Waals surface area contributed by atoms with E-state index in [-0.39, 0.29) is 17.8 Å². The average Bonchev–Trinajstić information content (AvgIpc) is 2.59. The highest BCUT2D eigenvalue weighted by molar-refractivity contribution is 6.30. The number of aryl methyl sites for hydroxylation is 1. The Morgan fingerprint density at radius 2 is 1.83 bits per heavy atom. The van der Waals surface area contributed by atoms with Crippen LogP contribution in [-0.2, 0) is 0 Å². The summed E-state index contributed by atoms with van der Waals surface area (Å²) in [7, 11) is 0. The Kier molecular flexibility index (Phi) is 4.95. The molecule has 0 bridgehead atoms. The third-order valence-electron chi connectivity index (χ3n) is 4.29. The summed E-state index contributed by atoms with van der Waals surface area (Å²) in [6.07, 6.45) is 1.70. The van der Waals surface area contributed by atoms with Crippen molar-refractivity contribution in [3.8, 4) is 11.5 Å². The first-order valence-corrected chi connectivity index (χ1v) is 8.42. The molecule has 2 aromatic carbocycles. The fraction of sp³-hybridized carbons (Fsp3) is 0.316. The van der Waals surface area contributed by atoms with Gasteiger partial charge in [-0.3, -0.25) is 4.79 Å². The van der Waals surface area contributed by atoms with Gasteiger partial charge in [0.05, 0.1) is 0 Å². The molecule has 5 heteroatoms. The van der Waals surface area contributed by atoms with Crippen LogP contribution in [0.3, 0.4) is 0 Å². The van der Waals surface area contributed by atoms with Gasteiger partial charge in [0.2, 0.25) is 0 Å². The summed E-state index contributed by atoms with van der Waals surface area (Å²) in [6, 6.07) is 12.3. The zero-order chi connectivity index (χ0) is 17.1. The lowest BCUT2D eigenvalue weighted by molar-refractivity contribution is 0.0595. The molecule has 2 aromatic rings. The van der Waals surface area contributed by atoms with Crippen LogP contribution < -0.4 is 4.74 Å². The van der Waals surface area contributed by atoms with Crippen LogP contribution in [0.4, 0.5) is 0 Å². The minimum Gasteiger partial charge on any atom is -0.508 e. The van der Waals surface area contributed by atoms with Gasteiger partial charge < -0.3 is 14.7 Å². The third-order valence-corrected chi connectivity index (χ3v) is 4.54. The van der Waals surface area contributed by atoms with Crippen LogP contribution in [0.15, 0.2) is 42.5 Å². The van der Waals surface area contributed by atoms with Crippen LogP contribution >= 0.6 is 11.6 Å². The van der Waals surface area contributed by atoms with Crippen LogP contribution in [0.5, 0.6) is 11.5 Å². The number of benzene rings is 2. The molecular weight excluding hydrogens is 326 g/mol. The van der Waals surface area contributed by atoms with Gasteiger partial charge in [-0.25, -0.2) is 0 Å². The van der Waals surface area contributed by atoms with Gasteiger partial charge in [-0.2, -0.15) is 0 Å². The first-order chi connectivity index (χ1) is 11.5. The van der Waals surface area contributed by atoms with Crippen LogP contribution in [-0.4, -0.2) is 35.1 Å². The lowest BCUT2D eigenvalue weighted by Gasteiger charge is -2.32. The van der Waals surface area contributed by atoms with Crippen molar-refractivity contribution < 1.29 is 14.6 Å². The molecule has 1 heterocycles. The summed E-state index contributed by atoms with van der Waals surface area (Å²) < 4.78 is 5.95. The van der Waals surface area contributed by atoms with E-state index in [1.807, 2.05) is 29.2 Å². The number of halogens is 1. The number of likely N-dealkylation sites (tertiary alicyclic amines) is 1. The van der Waals surface area contributed by atoms with E-state index in [9.17, 15) is 9.90 Å². The van der Waals surface area contributed by atoms with E-state index >= 15 is 0 Å². The largest absolute Gasteiger partial charge is 0.508 e. The van der Waals surface area contributed by atoms with Crippen molar-refractivity contribution in [2.24, 2.45) is 0 Å². The molecule has 0 saturated carbocycles. The normalized spacial score (nSPS) is 15.3. The summed E-state index contributed by atoms with van der Waals surface area (Å²) in [5.41, 5.74) is 1.32. The Bertz CT molecular complexity index is 722. The second-order valence-corrected chi connectivity index (χ2v) is 6.50. The second kappa shape index (κ2) is 7.14. The third kappa shape index (κ3) is 3.82. The highest BCUT2D eigenvalue weighted by atomic mass is 35.5. The number of carbonyl (C=O) groups excluding carboxylic acids is 1. The molecule has 1 aliphatic rings. The molecule has 0 aromatic heterocycles. The molecule has 1 saturated heterocycles. The molecule has 4 nitrogen and oxygen atoms in total. The van der Waals surface area contributed by atoms with Crippen molar-refractivity contribution in [3.05, 3.63) is 58.6 Å². The minimum atomic E-state index is 0.00282. The number of piperidine rings is 1. The van der Waals surface area contributed by atoms with E-state index < -0.39 is 0 Å². The SMILES string of the molecule is Cc1cc(C(=O)N2CCC(Oc3ccc(Cl)cc3)CC2)ccc1O. The number of rotatable bonds is 3. The standard InChI is InChI=1S/C19H20ClNO3/c1-13-12-14(2-7-18(13)22)19(23)21-10-8-17(9-11-21)24-16-5-3-15(20)4-6-16/h2-7,12,17,22H,8-11H2,1H3. The van der Waals surface area contributed by atoms with E-state index in [0.717, 1.165) is 18.6 Å². The summed E-state index contributed by atoms with van der Waals surface area (Å²) in [5, 5.41) is 10.3. The van der Waals surface area contributed by atoms with E-state index in [2.05, 4.69) is 0 Å². The number of amides is 1. The number of hydrogen-bond donors (Lipinski definition) is 1. The fourth-order valence-corrected chi connectivity index (χ4v) is 2.98. The predicted octanol–water partition coefficient (Wildman–Crippen LogP) is 4.04.